The van der Waals surface area contributed by atoms with E-state index in [4.69, 9.17) is 16.3 Å². The summed E-state index contributed by atoms with van der Waals surface area (Å²) < 4.78 is 5.27. The van der Waals surface area contributed by atoms with Gasteiger partial charge in [0.05, 0.1) is 12.7 Å². The highest BCUT2D eigenvalue weighted by molar-refractivity contribution is 6.30. The molecular formula is C16H16ClNO3. The van der Waals surface area contributed by atoms with Crippen molar-refractivity contribution < 1.29 is 14.6 Å². The number of aromatic hydroxyl groups is 1. The van der Waals surface area contributed by atoms with Gasteiger partial charge < -0.3 is 14.7 Å². The molecule has 1 amide bonds. The van der Waals surface area contributed by atoms with E-state index in [-0.39, 0.29) is 17.2 Å². The van der Waals surface area contributed by atoms with Crippen LogP contribution in [0.1, 0.15) is 15.9 Å². The van der Waals surface area contributed by atoms with E-state index in [0.717, 1.165) is 11.3 Å². The number of hydrogen-bond donors (Lipinski definition) is 1. The first kappa shape index (κ1) is 15.2. The Balaban J connectivity index is 2.19. The van der Waals surface area contributed by atoms with Gasteiger partial charge in [0, 0.05) is 24.2 Å². The zero-order valence-electron chi connectivity index (χ0n) is 11.8. The Morgan fingerprint density at radius 2 is 2.00 bits per heavy atom. The second-order valence-corrected chi connectivity index (χ2v) is 5.07. The van der Waals surface area contributed by atoms with E-state index < -0.39 is 0 Å². The van der Waals surface area contributed by atoms with Crippen molar-refractivity contribution in [3.63, 3.8) is 0 Å². The number of ether oxygens (including phenoxy) is 1. The number of hydrogen-bond acceptors (Lipinski definition) is 3. The van der Waals surface area contributed by atoms with Crippen LogP contribution in [0.3, 0.4) is 0 Å². The lowest BCUT2D eigenvalue weighted by Crippen LogP contribution is -2.26. The monoisotopic (exact) mass is 305 g/mol. The molecule has 0 bridgehead atoms. The summed E-state index contributed by atoms with van der Waals surface area (Å²) in [5.41, 5.74) is 1.11. The normalized spacial score (nSPS) is 10.2. The number of nitrogens with zero attached hydrogens (tertiary/aromatic N) is 1. The second-order valence-electron chi connectivity index (χ2n) is 4.63. The molecule has 5 heteroatoms. The van der Waals surface area contributed by atoms with Crippen LogP contribution < -0.4 is 4.74 Å². The van der Waals surface area contributed by atoms with Crippen LogP contribution >= 0.6 is 11.6 Å². The molecule has 0 aliphatic rings. The maximum atomic E-state index is 12.4. The number of carbonyl (C=O) groups is 1. The zero-order chi connectivity index (χ0) is 15.4. The minimum absolute atomic E-state index is 0.126. The Bertz CT molecular complexity index is 658. The first-order valence-electron chi connectivity index (χ1n) is 6.39. The lowest BCUT2D eigenvalue weighted by atomic mass is 10.1. The van der Waals surface area contributed by atoms with Crippen molar-refractivity contribution in [1.29, 1.82) is 0 Å². The zero-order valence-corrected chi connectivity index (χ0v) is 12.6. The molecule has 0 saturated heterocycles. The van der Waals surface area contributed by atoms with E-state index in [2.05, 4.69) is 0 Å². The van der Waals surface area contributed by atoms with Crippen molar-refractivity contribution in [3.05, 3.63) is 58.6 Å². The third-order valence-electron chi connectivity index (χ3n) is 3.14. The summed E-state index contributed by atoms with van der Waals surface area (Å²) in [5, 5.41) is 10.2. The molecule has 2 rings (SSSR count). The highest BCUT2D eigenvalue weighted by Gasteiger charge is 2.17. The van der Waals surface area contributed by atoms with Crippen molar-refractivity contribution >= 4 is 17.5 Å². The molecule has 1 N–H and O–H groups in total. The van der Waals surface area contributed by atoms with Gasteiger partial charge >= 0.3 is 0 Å². The molecule has 0 saturated carbocycles. The topological polar surface area (TPSA) is 49.8 Å². The van der Waals surface area contributed by atoms with Crippen LogP contribution in [0.2, 0.25) is 5.02 Å². The Morgan fingerprint density at radius 1 is 1.29 bits per heavy atom. The minimum Gasteiger partial charge on any atom is -0.507 e. The molecule has 110 valence electrons. The summed E-state index contributed by atoms with van der Waals surface area (Å²) in [6, 6.07) is 11.9. The van der Waals surface area contributed by atoms with E-state index in [1.165, 1.54) is 17.0 Å². The van der Waals surface area contributed by atoms with Crippen molar-refractivity contribution in [2.24, 2.45) is 0 Å². The first-order chi connectivity index (χ1) is 10.0. The molecule has 21 heavy (non-hydrogen) atoms. The van der Waals surface area contributed by atoms with E-state index in [1.54, 1.807) is 20.2 Å². The fourth-order valence-corrected chi connectivity index (χ4v) is 2.22. The van der Waals surface area contributed by atoms with Crippen molar-refractivity contribution in [1.82, 2.24) is 4.90 Å². The molecule has 0 aliphatic carbocycles. The average molecular weight is 306 g/mol. The number of halogens is 1. The molecule has 0 unspecified atom stereocenters. The van der Waals surface area contributed by atoms with Crippen LogP contribution in [-0.2, 0) is 6.54 Å². The summed E-state index contributed by atoms with van der Waals surface area (Å²) in [7, 11) is 3.26. The predicted molar refractivity (Wildman–Crippen MR) is 81.9 cm³/mol. The summed E-state index contributed by atoms with van der Waals surface area (Å²) >= 11 is 5.77. The van der Waals surface area contributed by atoms with Gasteiger partial charge in [0.1, 0.15) is 11.5 Å². The smallest absolute Gasteiger partial charge is 0.257 e. The quantitative estimate of drug-likeness (QED) is 0.942. The van der Waals surface area contributed by atoms with Crippen LogP contribution in [0.15, 0.2) is 42.5 Å². The molecule has 2 aromatic carbocycles. The molecule has 0 atom stereocenters. The summed E-state index contributed by atoms with van der Waals surface area (Å²) in [6.07, 6.45) is 0. The van der Waals surface area contributed by atoms with E-state index in [0.29, 0.717) is 11.6 Å². The molecular weight excluding hydrogens is 290 g/mol. The van der Waals surface area contributed by atoms with Gasteiger partial charge in [0.15, 0.2) is 0 Å². The fourth-order valence-electron chi connectivity index (χ4n) is 2.05. The Labute approximate surface area is 128 Å². The molecule has 2 aromatic rings. The molecule has 0 radical (unpaired) electrons. The SMILES string of the molecule is COc1ccccc1CN(C)C(=O)c1ccc(Cl)cc1O. The molecule has 0 aromatic heterocycles. The Hall–Kier alpha value is -2.20. The highest BCUT2D eigenvalue weighted by Crippen LogP contribution is 2.24. The Morgan fingerprint density at radius 3 is 2.67 bits per heavy atom. The lowest BCUT2D eigenvalue weighted by Gasteiger charge is -2.19. The maximum Gasteiger partial charge on any atom is 0.257 e. The van der Waals surface area contributed by atoms with Gasteiger partial charge in [0.2, 0.25) is 0 Å². The number of benzene rings is 2. The number of para-hydroxylation sites is 1. The van der Waals surface area contributed by atoms with Gasteiger partial charge in [-0.15, -0.1) is 0 Å². The molecule has 0 aliphatic heterocycles. The number of phenols is 1. The Kier molecular flexibility index (Phi) is 4.70. The summed E-state index contributed by atoms with van der Waals surface area (Å²) in [6.45, 7) is 0.380. The summed E-state index contributed by atoms with van der Waals surface area (Å²) in [4.78, 5) is 13.9. The van der Waals surface area contributed by atoms with Crippen molar-refractivity contribution in [3.8, 4) is 11.5 Å². The van der Waals surface area contributed by atoms with Crippen LogP contribution in [0.4, 0.5) is 0 Å². The lowest BCUT2D eigenvalue weighted by molar-refractivity contribution is 0.0781. The van der Waals surface area contributed by atoms with E-state index in [1.807, 2.05) is 24.3 Å². The van der Waals surface area contributed by atoms with Crippen LogP contribution in [0.5, 0.6) is 11.5 Å². The van der Waals surface area contributed by atoms with E-state index in [9.17, 15) is 9.90 Å². The van der Waals surface area contributed by atoms with Gasteiger partial charge in [-0.1, -0.05) is 29.8 Å². The third-order valence-corrected chi connectivity index (χ3v) is 3.37. The van der Waals surface area contributed by atoms with Gasteiger partial charge in [-0.05, 0) is 24.3 Å². The van der Waals surface area contributed by atoms with E-state index >= 15 is 0 Å². The first-order valence-corrected chi connectivity index (χ1v) is 6.76. The van der Waals surface area contributed by atoms with Gasteiger partial charge in [-0.2, -0.15) is 0 Å². The number of phenolic OH excluding ortho intramolecular Hbond substituents is 1. The number of amides is 1. The van der Waals surface area contributed by atoms with Crippen LogP contribution in [0.25, 0.3) is 0 Å². The molecule has 0 fully saturated rings. The number of rotatable bonds is 4. The average Bonchev–Trinajstić information content (AvgIpc) is 2.47. The van der Waals surface area contributed by atoms with Crippen LogP contribution in [0, 0.1) is 0 Å². The molecule has 4 nitrogen and oxygen atoms in total. The van der Waals surface area contributed by atoms with Crippen LogP contribution in [-0.4, -0.2) is 30.1 Å². The van der Waals surface area contributed by atoms with Gasteiger partial charge in [-0.3, -0.25) is 4.79 Å². The summed E-state index contributed by atoms with van der Waals surface area (Å²) in [5.74, 6) is 0.312. The standard InChI is InChI=1S/C16H16ClNO3/c1-18(10-11-5-3-4-6-15(11)21-2)16(20)13-8-7-12(17)9-14(13)19/h3-9,19H,10H2,1-2H3. The predicted octanol–water partition coefficient (Wildman–Crippen LogP) is 3.33. The third kappa shape index (κ3) is 3.47. The molecule has 0 spiro atoms. The van der Waals surface area contributed by atoms with Crippen molar-refractivity contribution in [2.75, 3.05) is 14.2 Å². The molecule has 0 heterocycles. The minimum atomic E-state index is -0.282. The number of methoxy groups -OCH3 is 1. The largest absolute Gasteiger partial charge is 0.507 e. The van der Waals surface area contributed by atoms with Crippen molar-refractivity contribution in [2.45, 2.75) is 6.54 Å². The van der Waals surface area contributed by atoms with Gasteiger partial charge in [-0.25, -0.2) is 0 Å². The maximum absolute atomic E-state index is 12.4. The number of carbonyl (C=O) groups excluding carboxylic acids is 1. The fraction of sp³-hybridized carbons (Fsp3) is 0.188. The highest BCUT2D eigenvalue weighted by atomic mass is 35.5. The second kappa shape index (κ2) is 6.50. The van der Waals surface area contributed by atoms with Gasteiger partial charge in [0.25, 0.3) is 5.91 Å².